The van der Waals surface area contributed by atoms with Crippen LogP contribution in [0.5, 0.6) is 0 Å². The third kappa shape index (κ3) is 3.22. The molecular formula is C16H15F3N6OS. The summed E-state index contributed by atoms with van der Waals surface area (Å²) in [5, 5.41) is 6.10. The van der Waals surface area contributed by atoms with Crippen molar-refractivity contribution >= 4 is 28.0 Å². The van der Waals surface area contributed by atoms with Crippen molar-refractivity contribution in [3.8, 4) is 0 Å². The van der Waals surface area contributed by atoms with Crippen LogP contribution in [0.1, 0.15) is 21.2 Å². The SMILES string of the molecule is Cc1c(C(=O)N2CCN(c3nnc(C(F)(F)F)s3)CC2)nc2ccccn12. The Kier molecular flexibility index (Phi) is 4.25. The van der Waals surface area contributed by atoms with Gasteiger partial charge in [-0.2, -0.15) is 13.2 Å². The summed E-state index contributed by atoms with van der Waals surface area (Å²) >= 11 is 0.517. The number of rotatable bonds is 2. The fourth-order valence-corrected chi connectivity index (χ4v) is 3.79. The highest BCUT2D eigenvalue weighted by Crippen LogP contribution is 2.34. The summed E-state index contributed by atoms with van der Waals surface area (Å²) in [6, 6.07) is 5.55. The van der Waals surface area contributed by atoms with E-state index in [9.17, 15) is 18.0 Å². The van der Waals surface area contributed by atoms with E-state index >= 15 is 0 Å². The van der Waals surface area contributed by atoms with Gasteiger partial charge in [-0.15, -0.1) is 10.2 Å². The Balaban J connectivity index is 1.46. The van der Waals surface area contributed by atoms with Gasteiger partial charge in [0, 0.05) is 32.4 Å². The summed E-state index contributed by atoms with van der Waals surface area (Å²) in [5.74, 6) is -0.177. The number of anilines is 1. The van der Waals surface area contributed by atoms with Crippen LogP contribution >= 0.6 is 11.3 Å². The van der Waals surface area contributed by atoms with Crippen LogP contribution in [0.25, 0.3) is 5.65 Å². The zero-order valence-electron chi connectivity index (χ0n) is 14.3. The van der Waals surface area contributed by atoms with E-state index in [0.29, 0.717) is 48.9 Å². The number of piperazine rings is 1. The molecule has 0 saturated carbocycles. The predicted molar refractivity (Wildman–Crippen MR) is 93.0 cm³/mol. The maximum absolute atomic E-state index is 12.8. The van der Waals surface area contributed by atoms with Gasteiger partial charge in [0.1, 0.15) is 11.3 Å². The second-order valence-electron chi connectivity index (χ2n) is 6.14. The zero-order chi connectivity index (χ0) is 19.2. The number of nitrogens with zero attached hydrogens (tertiary/aromatic N) is 6. The molecule has 3 aromatic heterocycles. The van der Waals surface area contributed by atoms with Gasteiger partial charge < -0.3 is 14.2 Å². The fraction of sp³-hybridized carbons (Fsp3) is 0.375. The standard InChI is InChI=1S/C16H15F3N6OS/c1-10-12(20-11-4-2-3-5-25(10)11)13(26)23-6-8-24(9-7-23)15-22-21-14(27-15)16(17,18)19/h2-5H,6-9H2,1H3. The molecule has 0 radical (unpaired) electrons. The van der Waals surface area contributed by atoms with E-state index in [1.165, 1.54) is 0 Å². The van der Waals surface area contributed by atoms with E-state index in [0.717, 1.165) is 5.69 Å². The number of aromatic nitrogens is 4. The molecule has 1 amide bonds. The summed E-state index contributed by atoms with van der Waals surface area (Å²) in [6.45, 7) is 3.39. The molecule has 1 aliphatic heterocycles. The lowest BCUT2D eigenvalue weighted by Crippen LogP contribution is -2.49. The van der Waals surface area contributed by atoms with Crippen molar-refractivity contribution in [2.24, 2.45) is 0 Å². The Morgan fingerprint density at radius 2 is 1.89 bits per heavy atom. The fourth-order valence-electron chi connectivity index (χ4n) is 3.03. The van der Waals surface area contributed by atoms with E-state index in [1.807, 2.05) is 35.7 Å². The first-order valence-electron chi connectivity index (χ1n) is 8.23. The van der Waals surface area contributed by atoms with Crippen molar-refractivity contribution < 1.29 is 18.0 Å². The van der Waals surface area contributed by atoms with E-state index in [-0.39, 0.29) is 11.0 Å². The van der Waals surface area contributed by atoms with Gasteiger partial charge in [-0.25, -0.2) is 4.98 Å². The van der Waals surface area contributed by atoms with Crippen LogP contribution in [0.2, 0.25) is 0 Å². The second-order valence-corrected chi connectivity index (χ2v) is 7.10. The van der Waals surface area contributed by atoms with Crippen LogP contribution in [0.4, 0.5) is 18.3 Å². The summed E-state index contributed by atoms with van der Waals surface area (Å²) < 4.78 is 39.9. The molecule has 4 heterocycles. The monoisotopic (exact) mass is 396 g/mol. The van der Waals surface area contributed by atoms with Crippen molar-refractivity contribution in [3.05, 3.63) is 40.8 Å². The Hall–Kier alpha value is -2.69. The first-order valence-corrected chi connectivity index (χ1v) is 9.05. The average molecular weight is 396 g/mol. The van der Waals surface area contributed by atoms with Crippen LogP contribution in [0.3, 0.4) is 0 Å². The number of halogens is 3. The van der Waals surface area contributed by atoms with Crippen molar-refractivity contribution in [3.63, 3.8) is 0 Å². The molecule has 27 heavy (non-hydrogen) atoms. The van der Waals surface area contributed by atoms with Gasteiger partial charge in [0.25, 0.3) is 5.91 Å². The number of hydrogen-bond acceptors (Lipinski definition) is 6. The van der Waals surface area contributed by atoms with E-state index in [4.69, 9.17) is 0 Å². The number of hydrogen-bond donors (Lipinski definition) is 0. The molecule has 0 aromatic carbocycles. The molecule has 0 aliphatic carbocycles. The van der Waals surface area contributed by atoms with Crippen LogP contribution in [-0.4, -0.2) is 56.6 Å². The Bertz CT molecular complexity index is 990. The number of alkyl halides is 3. The van der Waals surface area contributed by atoms with Crippen LogP contribution in [-0.2, 0) is 6.18 Å². The van der Waals surface area contributed by atoms with E-state index in [1.54, 1.807) is 9.80 Å². The molecule has 0 atom stereocenters. The van der Waals surface area contributed by atoms with Crippen LogP contribution < -0.4 is 4.90 Å². The smallest absolute Gasteiger partial charge is 0.343 e. The molecule has 0 N–H and O–H groups in total. The number of carbonyl (C=O) groups is 1. The lowest BCUT2D eigenvalue weighted by atomic mass is 10.2. The highest BCUT2D eigenvalue weighted by Gasteiger charge is 2.36. The van der Waals surface area contributed by atoms with Gasteiger partial charge in [-0.05, 0) is 19.1 Å². The maximum Gasteiger partial charge on any atom is 0.445 e. The minimum atomic E-state index is -4.49. The zero-order valence-corrected chi connectivity index (χ0v) is 15.1. The molecule has 1 fully saturated rings. The normalized spacial score (nSPS) is 15.6. The summed E-state index contributed by atoms with van der Waals surface area (Å²) in [6.07, 6.45) is -2.64. The Morgan fingerprint density at radius 3 is 2.52 bits per heavy atom. The lowest BCUT2D eigenvalue weighted by molar-refractivity contribution is -0.138. The number of fused-ring (bicyclic) bond motifs is 1. The minimum absolute atomic E-state index is 0.177. The molecule has 0 unspecified atom stereocenters. The van der Waals surface area contributed by atoms with Gasteiger partial charge in [-0.3, -0.25) is 4.79 Å². The van der Waals surface area contributed by atoms with Gasteiger partial charge in [0.05, 0.1) is 5.69 Å². The quantitative estimate of drug-likeness (QED) is 0.666. The van der Waals surface area contributed by atoms with E-state index < -0.39 is 11.2 Å². The molecule has 1 saturated heterocycles. The Labute approximate surface area is 156 Å². The van der Waals surface area contributed by atoms with Crippen molar-refractivity contribution in [1.82, 2.24) is 24.5 Å². The highest BCUT2D eigenvalue weighted by atomic mass is 32.1. The predicted octanol–water partition coefficient (Wildman–Crippen LogP) is 2.48. The Morgan fingerprint density at radius 1 is 1.15 bits per heavy atom. The molecule has 1 aliphatic rings. The van der Waals surface area contributed by atoms with Crippen molar-refractivity contribution in [2.45, 2.75) is 13.1 Å². The minimum Gasteiger partial charge on any atom is -0.343 e. The molecule has 4 rings (SSSR count). The molecule has 142 valence electrons. The van der Waals surface area contributed by atoms with E-state index in [2.05, 4.69) is 15.2 Å². The van der Waals surface area contributed by atoms with Gasteiger partial charge >= 0.3 is 6.18 Å². The third-order valence-electron chi connectivity index (χ3n) is 4.47. The average Bonchev–Trinajstić information content (AvgIpc) is 3.27. The largest absolute Gasteiger partial charge is 0.445 e. The van der Waals surface area contributed by atoms with Crippen molar-refractivity contribution in [2.75, 3.05) is 31.1 Å². The van der Waals surface area contributed by atoms with Gasteiger partial charge in [0.15, 0.2) is 0 Å². The number of amides is 1. The topological polar surface area (TPSA) is 66.6 Å². The third-order valence-corrected chi connectivity index (χ3v) is 5.49. The second kappa shape index (κ2) is 6.48. The molecule has 7 nitrogen and oxygen atoms in total. The van der Waals surface area contributed by atoms with Crippen molar-refractivity contribution in [1.29, 1.82) is 0 Å². The first-order chi connectivity index (χ1) is 12.8. The first kappa shape index (κ1) is 17.7. The number of carbonyl (C=O) groups excluding carboxylic acids is 1. The van der Waals surface area contributed by atoms with Crippen LogP contribution in [0.15, 0.2) is 24.4 Å². The van der Waals surface area contributed by atoms with Gasteiger partial charge in [0.2, 0.25) is 10.1 Å². The molecule has 11 heteroatoms. The maximum atomic E-state index is 12.8. The number of aryl methyl sites for hydroxylation is 1. The summed E-state index contributed by atoms with van der Waals surface area (Å²) in [5.41, 5.74) is 1.85. The van der Waals surface area contributed by atoms with Gasteiger partial charge in [-0.1, -0.05) is 17.4 Å². The molecular weight excluding hydrogens is 381 g/mol. The number of imidazole rings is 1. The highest BCUT2D eigenvalue weighted by molar-refractivity contribution is 7.15. The number of pyridine rings is 1. The summed E-state index contributed by atoms with van der Waals surface area (Å²) in [4.78, 5) is 20.6. The molecule has 0 spiro atoms. The molecule has 0 bridgehead atoms. The lowest BCUT2D eigenvalue weighted by Gasteiger charge is -2.34. The molecule has 3 aromatic rings. The van der Waals surface area contributed by atoms with Crippen LogP contribution in [0, 0.1) is 6.92 Å². The summed E-state index contributed by atoms with van der Waals surface area (Å²) in [7, 11) is 0.